The van der Waals surface area contributed by atoms with Gasteiger partial charge in [-0.3, -0.25) is 4.79 Å². The molecule has 0 aliphatic carbocycles. The van der Waals surface area contributed by atoms with Crippen molar-refractivity contribution in [2.75, 3.05) is 36.4 Å². The van der Waals surface area contributed by atoms with Gasteiger partial charge in [-0.1, -0.05) is 6.07 Å². The first-order valence-electron chi connectivity index (χ1n) is 10.4. The van der Waals surface area contributed by atoms with E-state index in [4.69, 9.17) is 0 Å². The number of carbonyl (C=O) groups is 1. The van der Waals surface area contributed by atoms with E-state index in [9.17, 15) is 4.79 Å². The van der Waals surface area contributed by atoms with Crippen molar-refractivity contribution >= 4 is 40.0 Å². The summed E-state index contributed by atoms with van der Waals surface area (Å²) in [6, 6.07) is 15.2. The number of carbonyl (C=O) groups excluding carboxylic acids is 1. The molecule has 4 heterocycles. The van der Waals surface area contributed by atoms with Crippen LogP contribution in [0, 0.1) is 0 Å². The van der Waals surface area contributed by atoms with Crippen molar-refractivity contribution in [3.8, 4) is 0 Å². The highest BCUT2D eigenvalue weighted by atomic mass is 32.1. The van der Waals surface area contributed by atoms with E-state index in [2.05, 4.69) is 51.3 Å². The van der Waals surface area contributed by atoms with Gasteiger partial charge in [-0.05, 0) is 60.0 Å². The number of thiophene rings is 2. The molecule has 1 aromatic carbocycles. The van der Waals surface area contributed by atoms with Gasteiger partial charge >= 0.3 is 0 Å². The van der Waals surface area contributed by atoms with Crippen LogP contribution in [-0.4, -0.2) is 32.1 Å². The lowest BCUT2D eigenvalue weighted by Crippen LogP contribution is -3.14. The molecule has 3 aromatic rings. The Morgan fingerprint density at radius 2 is 1.90 bits per heavy atom. The Morgan fingerprint density at radius 3 is 2.66 bits per heavy atom. The van der Waals surface area contributed by atoms with Gasteiger partial charge in [0.15, 0.2) is 6.54 Å². The first kappa shape index (κ1) is 18.9. The molecule has 0 bridgehead atoms. The number of benzene rings is 1. The fraction of sp³-hybridized carbons (Fsp3) is 0.348. The van der Waals surface area contributed by atoms with Crippen LogP contribution in [0.3, 0.4) is 0 Å². The average molecular weight is 425 g/mol. The molecule has 150 valence electrons. The molecule has 1 saturated heterocycles. The zero-order chi connectivity index (χ0) is 19.6. The standard InChI is InChI=1S/C23H25N3OS2/c27-22(24-17-5-7-18(8-6-17)25-11-1-2-12-25)16-26-13-9-20-19(10-15-29-20)23(26)21-4-3-14-28-21/h3-8,10,14-15,23H,1-2,9,11-13,16H2,(H,24,27)/p+1/t23-/m1/s1. The third kappa shape index (κ3) is 3.97. The third-order valence-electron chi connectivity index (χ3n) is 6.01. The van der Waals surface area contributed by atoms with Gasteiger partial charge in [0, 0.05) is 41.3 Å². The van der Waals surface area contributed by atoms with Crippen molar-refractivity contribution in [2.24, 2.45) is 0 Å². The number of hydrogen-bond donors (Lipinski definition) is 2. The Kier molecular flexibility index (Phi) is 5.40. The van der Waals surface area contributed by atoms with Gasteiger partial charge in [0.2, 0.25) is 0 Å². The van der Waals surface area contributed by atoms with Gasteiger partial charge in [0.1, 0.15) is 6.04 Å². The van der Waals surface area contributed by atoms with Crippen LogP contribution in [0.15, 0.2) is 53.2 Å². The summed E-state index contributed by atoms with van der Waals surface area (Å²) in [5.41, 5.74) is 3.55. The molecule has 2 atom stereocenters. The molecule has 29 heavy (non-hydrogen) atoms. The second-order valence-corrected chi connectivity index (χ2v) is 9.85. The molecule has 2 N–H and O–H groups in total. The molecule has 2 aromatic heterocycles. The highest BCUT2D eigenvalue weighted by Crippen LogP contribution is 2.31. The fourth-order valence-corrected chi connectivity index (χ4v) is 6.41. The van der Waals surface area contributed by atoms with E-state index in [-0.39, 0.29) is 11.9 Å². The fourth-order valence-electron chi connectivity index (χ4n) is 4.59. The number of quaternary nitrogens is 1. The Morgan fingerprint density at radius 1 is 1.07 bits per heavy atom. The minimum absolute atomic E-state index is 0.0918. The molecule has 2 aliphatic rings. The molecule has 5 rings (SSSR count). The van der Waals surface area contributed by atoms with Gasteiger partial charge in [0.05, 0.1) is 11.4 Å². The lowest BCUT2D eigenvalue weighted by molar-refractivity contribution is -0.919. The first-order valence-corrected chi connectivity index (χ1v) is 12.1. The van der Waals surface area contributed by atoms with E-state index in [0.717, 1.165) is 31.7 Å². The molecule has 0 spiro atoms. The molecule has 1 unspecified atom stereocenters. The minimum Gasteiger partial charge on any atom is -0.372 e. The Bertz CT molecular complexity index is 958. The summed E-state index contributed by atoms with van der Waals surface area (Å²) < 4.78 is 0. The summed E-state index contributed by atoms with van der Waals surface area (Å²) in [7, 11) is 0. The van der Waals surface area contributed by atoms with Crippen molar-refractivity contribution in [1.29, 1.82) is 0 Å². The Balaban J connectivity index is 1.27. The predicted molar refractivity (Wildman–Crippen MR) is 121 cm³/mol. The molecule has 4 nitrogen and oxygen atoms in total. The van der Waals surface area contributed by atoms with E-state index >= 15 is 0 Å². The van der Waals surface area contributed by atoms with Crippen LogP contribution < -0.4 is 15.1 Å². The van der Waals surface area contributed by atoms with Crippen molar-refractivity contribution in [1.82, 2.24) is 0 Å². The molecular weight excluding hydrogens is 398 g/mol. The average Bonchev–Trinajstić information content (AvgIpc) is 3.50. The normalized spacial score (nSPS) is 21.2. The highest BCUT2D eigenvalue weighted by Gasteiger charge is 2.35. The second-order valence-electron chi connectivity index (χ2n) is 7.87. The monoisotopic (exact) mass is 424 g/mol. The van der Waals surface area contributed by atoms with E-state index in [1.165, 1.54) is 38.7 Å². The molecule has 1 fully saturated rings. The van der Waals surface area contributed by atoms with Crippen molar-refractivity contribution in [3.63, 3.8) is 0 Å². The van der Waals surface area contributed by atoms with Crippen molar-refractivity contribution < 1.29 is 9.69 Å². The first-order chi connectivity index (χ1) is 14.3. The van der Waals surface area contributed by atoms with E-state index in [1.54, 1.807) is 11.3 Å². The maximum atomic E-state index is 12.9. The van der Waals surface area contributed by atoms with Crippen LogP contribution in [-0.2, 0) is 11.2 Å². The molecule has 6 heteroatoms. The molecule has 2 aliphatic heterocycles. The SMILES string of the molecule is O=C(C[NH+]1CCc2sccc2[C@@H]1c1cccs1)Nc1ccc(N2CCCC2)cc1. The molecule has 1 amide bonds. The van der Waals surface area contributed by atoms with Crippen LogP contribution in [0.2, 0.25) is 0 Å². The van der Waals surface area contributed by atoms with Crippen LogP contribution in [0.4, 0.5) is 11.4 Å². The van der Waals surface area contributed by atoms with Crippen molar-refractivity contribution in [2.45, 2.75) is 25.3 Å². The number of nitrogens with one attached hydrogen (secondary N) is 2. The van der Waals surface area contributed by atoms with Crippen molar-refractivity contribution in [3.05, 3.63) is 68.5 Å². The largest absolute Gasteiger partial charge is 0.372 e. The summed E-state index contributed by atoms with van der Waals surface area (Å²) in [5.74, 6) is 0.0918. The summed E-state index contributed by atoms with van der Waals surface area (Å²) in [6.45, 7) is 3.76. The lowest BCUT2D eigenvalue weighted by Gasteiger charge is -2.31. The van der Waals surface area contributed by atoms with Crippen LogP contribution in [0.5, 0.6) is 0 Å². The third-order valence-corrected chi connectivity index (χ3v) is 7.94. The van der Waals surface area contributed by atoms with Gasteiger partial charge in [0.25, 0.3) is 5.91 Å². The second kappa shape index (κ2) is 8.30. The van der Waals surface area contributed by atoms with E-state index < -0.39 is 0 Å². The van der Waals surface area contributed by atoms with Crippen LogP contribution in [0.1, 0.15) is 34.2 Å². The Hall–Kier alpha value is -2.15. The molecule has 0 radical (unpaired) electrons. The zero-order valence-electron chi connectivity index (χ0n) is 16.4. The smallest absolute Gasteiger partial charge is 0.279 e. The zero-order valence-corrected chi connectivity index (χ0v) is 18.0. The number of rotatable bonds is 5. The summed E-state index contributed by atoms with van der Waals surface area (Å²) in [6.07, 6.45) is 3.60. The maximum absolute atomic E-state index is 12.9. The van der Waals surface area contributed by atoms with Gasteiger partial charge < -0.3 is 15.1 Å². The van der Waals surface area contributed by atoms with Gasteiger partial charge in [-0.25, -0.2) is 0 Å². The summed E-state index contributed by atoms with van der Waals surface area (Å²) >= 11 is 3.64. The van der Waals surface area contributed by atoms with E-state index in [1.807, 2.05) is 23.5 Å². The molecule has 0 saturated carbocycles. The quantitative estimate of drug-likeness (QED) is 0.657. The lowest BCUT2D eigenvalue weighted by atomic mass is 9.98. The highest BCUT2D eigenvalue weighted by molar-refractivity contribution is 7.10. The maximum Gasteiger partial charge on any atom is 0.279 e. The topological polar surface area (TPSA) is 36.8 Å². The van der Waals surface area contributed by atoms with Gasteiger partial charge in [-0.15, -0.1) is 22.7 Å². The predicted octanol–water partition coefficient (Wildman–Crippen LogP) is 3.58. The minimum atomic E-state index is 0.0918. The molecular formula is C23H26N3OS2+. The van der Waals surface area contributed by atoms with Crippen LogP contribution >= 0.6 is 22.7 Å². The number of amides is 1. The number of fused-ring (bicyclic) bond motifs is 1. The van der Waals surface area contributed by atoms with Gasteiger partial charge in [-0.2, -0.15) is 0 Å². The summed E-state index contributed by atoms with van der Waals surface area (Å²) in [5, 5.41) is 7.44. The number of anilines is 2. The summed E-state index contributed by atoms with van der Waals surface area (Å²) in [4.78, 5) is 19.4. The number of hydrogen-bond acceptors (Lipinski definition) is 4. The Labute approximate surface area is 179 Å². The van der Waals surface area contributed by atoms with Crippen LogP contribution in [0.25, 0.3) is 0 Å². The van der Waals surface area contributed by atoms with E-state index in [0.29, 0.717) is 6.54 Å². The number of nitrogens with zero attached hydrogens (tertiary/aromatic N) is 1.